The topological polar surface area (TPSA) is 198 Å². The molecule has 0 saturated heterocycles. The minimum Gasteiger partial charge on any atom is -0.466 e. The van der Waals surface area contributed by atoms with Gasteiger partial charge in [0.1, 0.15) is 11.4 Å². The largest absolute Gasteiger partial charge is 0.466 e. The number of hydrogen-bond donors (Lipinski definition) is 4. The van der Waals surface area contributed by atoms with Crippen LogP contribution in [0.1, 0.15) is 6.42 Å². The summed E-state index contributed by atoms with van der Waals surface area (Å²) in [7, 11) is 12.7. The molecular formula is C52H58F6N16O3. The maximum atomic E-state index is 13.8. The minimum absolute atomic E-state index is 0.00940. The molecule has 2 aromatic carbocycles. The molecule has 8 aromatic rings. The van der Waals surface area contributed by atoms with Gasteiger partial charge in [0.05, 0.1) is 22.8 Å². The van der Waals surface area contributed by atoms with E-state index in [-0.39, 0.29) is 71.7 Å². The molecule has 0 bridgehead atoms. The molecule has 1 amide bonds. The molecule has 0 radical (unpaired) electrons. The van der Waals surface area contributed by atoms with Crippen LogP contribution in [-0.4, -0.2) is 148 Å². The summed E-state index contributed by atoms with van der Waals surface area (Å²) in [6.07, 6.45) is -2.52. The second-order valence-corrected chi connectivity index (χ2v) is 18.6. The molecule has 0 aliphatic rings. The molecule has 0 unspecified atom stereocenters. The van der Waals surface area contributed by atoms with Gasteiger partial charge in [0, 0.05) is 125 Å². The Morgan fingerprint density at radius 3 is 1.61 bits per heavy atom. The van der Waals surface area contributed by atoms with Gasteiger partial charge in [0.25, 0.3) is 0 Å². The molecule has 0 fully saturated rings. The van der Waals surface area contributed by atoms with E-state index in [1.54, 1.807) is 43.1 Å². The number of hydrogen-bond acceptors (Lipinski definition) is 16. The first-order valence-corrected chi connectivity index (χ1v) is 24.2. The van der Waals surface area contributed by atoms with E-state index in [0.717, 1.165) is 32.9 Å². The van der Waals surface area contributed by atoms with E-state index < -0.39 is 37.4 Å². The van der Waals surface area contributed by atoms with Gasteiger partial charge in [-0.3, -0.25) is 4.79 Å². The molecule has 0 atom stereocenters. The monoisotopic (exact) mass is 1070 g/mol. The minimum atomic E-state index is -4.70. The molecule has 25 heteroatoms. The zero-order valence-electron chi connectivity index (χ0n) is 43.3. The van der Waals surface area contributed by atoms with Crippen LogP contribution in [0.3, 0.4) is 0 Å². The van der Waals surface area contributed by atoms with E-state index in [4.69, 9.17) is 20.2 Å². The van der Waals surface area contributed by atoms with Gasteiger partial charge >= 0.3 is 12.4 Å². The number of nitrogens with one attached hydrogen (secondary N) is 3. The van der Waals surface area contributed by atoms with Crippen molar-refractivity contribution in [2.45, 2.75) is 18.8 Å². The van der Waals surface area contributed by atoms with E-state index >= 15 is 0 Å². The van der Waals surface area contributed by atoms with E-state index in [1.807, 2.05) is 108 Å². The lowest BCUT2D eigenvalue weighted by atomic mass is 10.1. The number of nitrogen functional groups attached to an aromatic ring is 1. The fourth-order valence-corrected chi connectivity index (χ4v) is 8.35. The summed E-state index contributed by atoms with van der Waals surface area (Å²) in [6.45, 7) is -1.51. The molecular weight excluding hydrogens is 1010 g/mol. The van der Waals surface area contributed by atoms with Crippen LogP contribution in [0.5, 0.6) is 11.8 Å². The molecule has 406 valence electrons. The summed E-state index contributed by atoms with van der Waals surface area (Å²) in [5.41, 5.74) is 11.5. The second-order valence-electron chi connectivity index (χ2n) is 18.6. The zero-order valence-corrected chi connectivity index (χ0v) is 43.3. The summed E-state index contributed by atoms with van der Waals surface area (Å²) in [5.74, 6) is -0.826. The number of nitrogens with zero attached hydrogens (tertiary/aromatic N) is 12. The van der Waals surface area contributed by atoms with E-state index in [2.05, 4.69) is 40.9 Å². The third kappa shape index (κ3) is 13.9. The maximum absolute atomic E-state index is 13.8. The number of ether oxygens (including phenoxy) is 2. The van der Waals surface area contributed by atoms with Crippen molar-refractivity contribution in [2.75, 3.05) is 113 Å². The number of para-hydroxylation sites is 2. The second kappa shape index (κ2) is 23.2. The van der Waals surface area contributed by atoms with Gasteiger partial charge in [-0.1, -0.05) is 36.4 Å². The lowest BCUT2D eigenvalue weighted by molar-refractivity contribution is -0.154. The van der Waals surface area contributed by atoms with E-state index in [0.29, 0.717) is 31.0 Å². The first-order valence-electron chi connectivity index (χ1n) is 24.2. The summed E-state index contributed by atoms with van der Waals surface area (Å²) < 4.78 is 96.0. The Balaban J connectivity index is 0.969. The first kappa shape index (κ1) is 54.8. The number of amides is 1. The number of carbonyl (C=O) groups is 1. The zero-order chi connectivity index (χ0) is 55.2. The van der Waals surface area contributed by atoms with Crippen LogP contribution in [0.2, 0.25) is 0 Å². The number of alkyl halides is 6. The van der Waals surface area contributed by atoms with Crippen molar-refractivity contribution in [2.24, 2.45) is 14.1 Å². The first-order chi connectivity index (χ1) is 36.6. The molecule has 8 rings (SSSR count). The van der Waals surface area contributed by atoms with Crippen LogP contribution in [0, 0.1) is 0 Å². The van der Waals surface area contributed by atoms with Crippen LogP contribution in [0.4, 0.5) is 72.6 Å². The Bertz CT molecular complexity index is 3360. The lowest BCUT2D eigenvalue weighted by Gasteiger charge is -2.26. The van der Waals surface area contributed by atoms with Gasteiger partial charge in [0.15, 0.2) is 24.8 Å². The van der Waals surface area contributed by atoms with Gasteiger partial charge in [-0.2, -0.15) is 36.3 Å². The summed E-state index contributed by atoms with van der Waals surface area (Å²) >= 11 is 0. The Morgan fingerprint density at radius 1 is 0.610 bits per heavy atom. The number of halogens is 6. The average Bonchev–Trinajstić information content (AvgIpc) is 3.92. The molecule has 0 aliphatic carbocycles. The van der Waals surface area contributed by atoms with Gasteiger partial charge < -0.3 is 59.9 Å². The van der Waals surface area contributed by atoms with Crippen LogP contribution in [-0.2, 0) is 18.9 Å². The van der Waals surface area contributed by atoms with Crippen LogP contribution >= 0.6 is 0 Å². The highest BCUT2D eigenvalue weighted by atomic mass is 19.4. The Labute approximate surface area is 439 Å². The standard InChI is InChI=1S/C52H58F6N16O3/c1-69(2)22-24-72(5)46-39(27-41(48(68-46)77-31-52(56,57)58)66-50-61-20-17-38(64-50)35-29-74(7)43-15-11-9-13-33(35)43)62-44(75)18-21-70(3)23-25-71(4)45-36(59)26-40(47(67-45)76-30-51(53,54)55)65-49-60-19-16-37(63-49)34-28-73(6)42-14-10-8-12-32(34)42/h8-17,19-20,26-29H,18,21-25,30-31,59H2,1-7H3,(H,62,75)(H,60,63,65)(H,61,64,66). The van der Waals surface area contributed by atoms with Crippen molar-refractivity contribution in [3.8, 4) is 34.3 Å². The van der Waals surface area contributed by atoms with Crippen LogP contribution < -0.4 is 41.0 Å². The van der Waals surface area contributed by atoms with Gasteiger partial charge in [-0.15, -0.1) is 0 Å². The number of aromatic nitrogens is 8. The quantitative estimate of drug-likeness (QED) is 0.0470. The van der Waals surface area contributed by atoms with Crippen molar-refractivity contribution in [1.29, 1.82) is 0 Å². The number of likely N-dealkylation sites (N-methyl/N-ethyl adjacent to an activating group) is 4. The predicted molar refractivity (Wildman–Crippen MR) is 286 cm³/mol. The van der Waals surface area contributed by atoms with Crippen molar-refractivity contribution >= 4 is 74.0 Å². The highest BCUT2D eigenvalue weighted by molar-refractivity contribution is 5.97. The number of anilines is 8. The SMILES string of the molecule is CN(C)CCN(C)c1nc(OCC(F)(F)F)c(Nc2nccc(-c3cn(C)c4ccccc34)n2)cc1NC(=O)CCN(C)CCN(C)c1nc(OCC(F)(F)F)c(Nc2nccc(-c3cn(C)c4ccccc34)n2)cc1N. The number of nitrogens with two attached hydrogens (primary N) is 1. The van der Waals surface area contributed by atoms with Crippen molar-refractivity contribution in [3.63, 3.8) is 0 Å². The van der Waals surface area contributed by atoms with Gasteiger partial charge in [-0.05, 0) is 57.5 Å². The molecule has 6 aromatic heterocycles. The molecule has 5 N–H and O–H groups in total. The summed E-state index contributed by atoms with van der Waals surface area (Å²) in [6, 6.07) is 21.8. The van der Waals surface area contributed by atoms with Crippen LogP contribution in [0.25, 0.3) is 44.3 Å². The fraction of sp³-hybridized carbons (Fsp3) is 0.327. The summed E-state index contributed by atoms with van der Waals surface area (Å²) in [4.78, 5) is 47.8. The molecule has 19 nitrogen and oxygen atoms in total. The van der Waals surface area contributed by atoms with Crippen molar-refractivity contribution < 1.29 is 40.6 Å². The predicted octanol–water partition coefficient (Wildman–Crippen LogP) is 8.72. The maximum Gasteiger partial charge on any atom is 0.422 e. The number of carbonyl (C=O) groups excluding carboxylic acids is 1. The molecule has 0 spiro atoms. The Kier molecular flexibility index (Phi) is 16.5. The number of fused-ring (bicyclic) bond motifs is 2. The fourth-order valence-electron chi connectivity index (χ4n) is 8.35. The third-order valence-electron chi connectivity index (χ3n) is 12.3. The number of rotatable bonds is 22. The van der Waals surface area contributed by atoms with Crippen molar-refractivity contribution in [3.05, 3.63) is 97.6 Å². The van der Waals surface area contributed by atoms with E-state index in [9.17, 15) is 31.1 Å². The molecule has 0 saturated carbocycles. The molecule has 0 aliphatic heterocycles. The van der Waals surface area contributed by atoms with Crippen LogP contribution in [0.15, 0.2) is 97.6 Å². The number of benzene rings is 2. The van der Waals surface area contributed by atoms with Gasteiger partial charge in [-0.25, -0.2) is 19.9 Å². The molecule has 77 heavy (non-hydrogen) atoms. The average molecular weight is 1070 g/mol. The van der Waals surface area contributed by atoms with Crippen molar-refractivity contribution in [1.82, 2.24) is 48.8 Å². The highest BCUT2D eigenvalue weighted by Crippen LogP contribution is 2.38. The summed E-state index contributed by atoms with van der Waals surface area (Å²) in [5, 5.41) is 10.7. The smallest absolute Gasteiger partial charge is 0.422 e. The third-order valence-corrected chi connectivity index (χ3v) is 12.3. The van der Waals surface area contributed by atoms with E-state index in [1.165, 1.54) is 24.5 Å². The number of pyridine rings is 2. The normalized spacial score (nSPS) is 11.9. The Hall–Kier alpha value is -8.45. The Morgan fingerprint density at radius 2 is 1.09 bits per heavy atom. The highest BCUT2D eigenvalue weighted by Gasteiger charge is 2.31. The molecule has 6 heterocycles. The lowest BCUT2D eigenvalue weighted by Crippen LogP contribution is -2.33. The van der Waals surface area contributed by atoms with Gasteiger partial charge in [0.2, 0.25) is 29.6 Å². The number of aryl methyl sites for hydroxylation is 2.